The fourth-order valence-corrected chi connectivity index (χ4v) is 3.92. The zero-order valence-electron chi connectivity index (χ0n) is 14.4. The fraction of sp³-hybridized carbons (Fsp3) is 0.474. The van der Waals surface area contributed by atoms with E-state index in [0.717, 1.165) is 21.8 Å². The van der Waals surface area contributed by atoms with Crippen molar-refractivity contribution in [1.29, 1.82) is 0 Å². The largest absolute Gasteiger partial charge is 0.360 e. The molecule has 0 radical (unpaired) electrons. The molecule has 0 unspecified atom stereocenters. The molecule has 2 aromatic rings. The average Bonchev–Trinajstić information content (AvgIpc) is 3.07. The van der Waals surface area contributed by atoms with Gasteiger partial charge >= 0.3 is 0 Å². The third kappa shape index (κ3) is 7.97. The van der Waals surface area contributed by atoms with Gasteiger partial charge in [0.15, 0.2) is 4.34 Å². The van der Waals surface area contributed by atoms with Crippen LogP contribution in [0.5, 0.6) is 0 Å². The van der Waals surface area contributed by atoms with Gasteiger partial charge in [-0.25, -0.2) is 0 Å². The van der Waals surface area contributed by atoms with Crippen molar-refractivity contribution >= 4 is 34.3 Å². The first-order valence-corrected chi connectivity index (χ1v) is 10.6. The Kier molecular flexibility index (Phi) is 9.57. The normalized spacial score (nSPS) is 11.2. The molecule has 0 saturated heterocycles. The molecule has 24 heavy (non-hydrogen) atoms. The summed E-state index contributed by atoms with van der Waals surface area (Å²) < 4.78 is 1.03. The lowest BCUT2D eigenvalue weighted by molar-refractivity contribution is 0.617. The number of thioether (sulfide) groups is 1. The smallest absolute Gasteiger partial charge is 0.206 e. The first-order valence-electron chi connectivity index (χ1n) is 8.80. The quantitative estimate of drug-likeness (QED) is 0.365. The van der Waals surface area contributed by atoms with Crippen molar-refractivity contribution in [3.63, 3.8) is 0 Å². The van der Waals surface area contributed by atoms with Gasteiger partial charge in [-0.05, 0) is 12.0 Å². The van der Waals surface area contributed by atoms with Gasteiger partial charge in [0, 0.05) is 12.3 Å². The number of nitrogens with one attached hydrogen (secondary N) is 1. The van der Waals surface area contributed by atoms with Crippen molar-refractivity contribution in [2.45, 2.75) is 49.8 Å². The third-order valence-corrected chi connectivity index (χ3v) is 5.59. The molecule has 0 amide bonds. The van der Waals surface area contributed by atoms with Gasteiger partial charge in [0.1, 0.15) is 0 Å². The number of benzene rings is 1. The Morgan fingerprint density at radius 1 is 1.04 bits per heavy atom. The molecule has 1 aromatic heterocycles. The van der Waals surface area contributed by atoms with E-state index in [1.54, 1.807) is 23.1 Å². The predicted octanol–water partition coefficient (Wildman–Crippen LogP) is 6.12. The molecule has 0 aliphatic heterocycles. The molecule has 2 rings (SSSR count). The molecule has 1 N–H and O–H groups in total. The summed E-state index contributed by atoms with van der Waals surface area (Å²) in [7, 11) is 0. The van der Waals surface area contributed by atoms with E-state index in [1.807, 2.05) is 6.07 Å². The number of hydrogen-bond acceptors (Lipinski definition) is 5. The Morgan fingerprint density at radius 2 is 1.83 bits per heavy atom. The number of rotatable bonds is 12. The number of unbranched alkanes of at least 4 members (excludes halogenated alkanes) is 5. The van der Waals surface area contributed by atoms with Crippen molar-refractivity contribution in [3.05, 3.63) is 42.0 Å². The van der Waals surface area contributed by atoms with Crippen LogP contribution in [0.25, 0.3) is 6.08 Å². The van der Waals surface area contributed by atoms with Gasteiger partial charge in [0.25, 0.3) is 0 Å². The van der Waals surface area contributed by atoms with Crippen molar-refractivity contribution < 1.29 is 0 Å². The minimum atomic E-state index is 0.918. The van der Waals surface area contributed by atoms with Gasteiger partial charge in [-0.15, -0.1) is 10.2 Å². The second-order valence-corrected chi connectivity index (χ2v) is 7.94. The van der Waals surface area contributed by atoms with Crippen LogP contribution < -0.4 is 5.32 Å². The topological polar surface area (TPSA) is 37.8 Å². The van der Waals surface area contributed by atoms with E-state index in [-0.39, 0.29) is 0 Å². The van der Waals surface area contributed by atoms with Crippen LogP contribution in [-0.4, -0.2) is 22.5 Å². The van der Waals surface area contributed by atoms with Gasteiger partial charge < -0.3 is 5.32 Å². The first kappa shape index (κ1) is 19.0. The lowest BCUT2D eigenvalue weighted by Crippen LogP contribution is -2.00. The molecule has 1 heterocycles. The van der Waals surface area contributed by atoms with E-state index in [0.29, 0.717) is 0 Å². The number of aromatic nitrogens is 2. The molecular formula is C19H27N3S2. The van der Waals surface area contributed by atoms with Gasteiger partial charge in [-0.1, -0.05) is 105 Å². The van der Waals surface area contributed by atoms with Crippen LogP contribution >= 0.6 is 23.1 Å². The van der Waals surface area contributed by atoms with Crippen molar-refractivity contribution in [1.82, 2.24) is 10.2 Å². The van der Waals surface area contributed by atoms with Crippen LogP contribution in [0, 0.1) is 0 Å². The fourth-order valence-electron chi connectivity index (χ4n) is 2.31. The highest BCUT2D eigenvalue weighted by Gasteiger charge is 2.03. The van der Waals surface area contributed by atoms with Gasteiger partial charge in [0.2, 0.25) is 5.13 Å². The monoisotopic (exact) mass is 361 g/mol. The minimum absolute atomic E-state index is 0.918. The molecule has 0 aliphatic rings. The molecule has 1 aromatic carbocycles. The van der Waals surface area contributed by atoms with Crippen molar-refractivity contribution in [2.75, 3.05) is 17.6 Å². The van der Waals surface area contributed by atoms with E-state index in [9.17, 15) is 0 Å². The highest BCUT2D eigenvalue weighted by Crippen LogP contribution is 2.25. The number of anilines is 1. The van der Waals surface area contributed by atoms with E-state index in [4.69, 9.17) is 0 Å². The van der Waals surface area contributed by atoms with Crippen LogP contribution in [0.1, 0.15) is 51.0 Å². The second kappa shape index (κ2) is 12.1. The highest BCUT2D eigenvalue weighted by atomic mass is 32.2. The summed E-state index contributed by atoms with van der Waals surface area (Å²) in [6.07, 6.45) is 12.2. The Bertz CT molecular complexity index is 581. The zero-order valence-corrected chi connectivity index (χ0v) is 16.0. The summed E-state index contributed by atoms with van der Waals surface area (Å²) in [5, 5.41) is 12.8. The van der Waals surface area contributed by atoms with Crippen LogP contribution in [0.3, 0.4) is 0 Å². The van der Waals surface area contributed by atoms with Crippen LogP contribution in [0.2, 0.25) is 0 Å². The van der Waals surface area contributed by atoms with Gasteiger partial charge in [0.05, 0.1) is 0 Å². The molecule has 0 atom stereocenters. The molecule has 0 saturated carbocycles. The maximum Gasteiger partial charge on any atom is 0.206 e. The highest BCUT2D eigenvalue weighted by molar-refractivity contribution is 8.01. The Hall–Kier alpha value is -1.33. The Labute approximate surface area is 154 Å². The summed E-state index contributed by atoms with van der Waals surface area (Å²) in [6.45, 7) is 3.25. The van der Waals surface area contributed by atoms with Gasteiger partial charge in [-0.3, -0.25) is 0 Å². The zero-order chi connectivity index (χ0) is 16.9. The number of nitrogens with zero attached hydrogens (tertiary/aromatic N) is 2. The number of hydrogen-bond donors (Lipinski definition) is 1. The summed E-state index contributed by atoms with van der Waals surface area (Å²) in [5.41, 5.74) is 1.23. The maximum absolute atomic E-state index is 4.24. The maximum atomic E-state index is 4.24. The molecule has 0 aliphatic carbocycles. The predicted molar refractivity (Wildman–Crippen MR) is 108 cm³/mol. The lowest BCUT2D eigenvalue weighted by Gasteiger charge is -2.01. The lowest BCUT2D eigenvalue weighted by atomic mass is 10.1. The van der Waals surface area contributed by atoms with E-state index >= 15 is 0 Å². The molecule has 130 valence electrons. The molecule has 5 heteroatoms. The third-order valence-electron chi connectivity index (χ3n) is 3.63. The first-order chi connectivity index (χ1) is 11.9. The van der Waals surface area contributed by atoms with E-state index < -0.39 is 0 Å². The average molecular weight is 362 g/mol. The van der Waals surface area contributed by atoms with Crippen LogP contribution in [0.4, 0.5) is 5.13 Å². The molecule has 3 nitrogen and oxygen atoms in total. The molecule has 0 bridgehead atoms. The van der Waals surface area contributed by atoms with E-state index in [2.05, 4.69) is 58.9 Å². The summed E-state index contributed by atoms with van der Waals surface area (Å²) in [6, 6.07) is 10.4. The molecule has 0 spiro atoms. The van der Waals surface area contributed by atoms with E-state index in [1.165, 1.54) is 44.1 Å². The van der Waals surface area contributed by atoms with Crippen LogP contribution in [-0.2, 0) is 0 Å². The minimum Gasteiger partial charge on any atom is -0.360 e. The summed E-state index contributed by atoms with van der Waals surface area (Å²) in [4.78, 5) is 0. The van der Waals surface area contributed by atoms with Gasteiger partial charge in [-0.2, -0.15) is 0 Å². The Morgan fingerprint density at radius 3 is 2.67 bits per heavy atom. The molecule has 0 fully saturated rings. The summed E-state index contributed by atoms with van der Waals surface area (Å²) in [5.74, 6) is 0.918. The summed E-state index contributed by atoms with van der Waals surface area (Å²) >= 11 is 3.38. The van der Waals surface area contributed by atoms with Crippen LogP contribution in [0.15, 0.2) is 40.7 Å². The SMILES string of the molecule is CCCCCCCCNc1nnc(SC/C=C/c2ccccc2)s1. The second-order valence-electron chi connectivity index (χ2n) is 5.69. The standard InChI is InChI=1S/C19H27N3S2/c1-2-3-4-5-6-10-15-20-18-21-22-19(24-18)23-16-11-14-17-12-8-7-9-13-17/h7-9,11-14H,2-6,10,15-16H2,1H3,(H,20,21)/b14-11+. The molecular weight excluding hydrogens is 334 g/mol. The Balaban J connectivity index is 1.58. The van der Waals surface area contributed by atoms with Crippen molar-refractivity contribution in [3.8, 4) is 0 Å². The van der Waals surface area contributed by atoms with Crippen molar-refractivity contribution in [2.24, 2.45) is 0 Å².